The molecule has 0 aliphatic heterocycles. The maximum atomic E-state index is 6.92. The third kappa shape index (κ3) is 5.37. The number of thiophene rings is 1. The number of hydrogen-bond donors (Lipinski definition) is 0. The summed E-state index contributed by atoms with van der Waals surface area (Å²) in [6.45, 7) is 0. The normalized spacial score (nSPS) is 11.9. The predicted octanol–water partition coefficient (Wildman–Crippen LogP) is 17.5. The first-order valence-electron chi connectivity index (χ1n) is 21.0. The van der Waals surface area contributed by atoms with Crippen molar-refractivity contribution in [1.82, 2.24) is 0 Å². The minimum atomic E-state index is 0.883. The molecule has 290 valence electrons. The highest BCUT2D eigenvalue weighted by Gasteiger charge is 2.22. The maximum absolute atomic E-state index is 6.92. The van der Waals surface area contributed by atoms with E-state index in [-0.39, 0.29) is 0 Å². The van der Waals surface area contributed by atoms with Gasteiger partial charge in [-0.1, -0.05) is 158 Å². The third-order valence-corrected chi connectivity index (χ3v) is 13.7. The number of para-hydroxylation sites is 3. The summed E-state index contributed by atoms with van der Waals surface area (Å²) < 4.78 is 15.8. The molecule has 0 amide bonds. The summed E-state index contributed by atoms with van der Waals surface area (Å²) in [5.74, 6) is 0. The molecule has 13 aromatic rings. The number of benzene rings is 10. The zero-order chi connectivity index (χ0) is 40.7. The molecule has 3 aromatic heterocycles. The fourth-order valence-corrected chi connectivity index (χ4v) is 10.9. The molecule has 10 aromatic carbocycles. The van der Waals surface area contributed by atoms with Crippen molar-refractivity contribution in [2.24, 2.45) is 0 Å². The number of fused-ring (bicyclic) bond motifs is 11. The SMILES string of the molecule is c1ccc(N(c2ccc(-c3cccc4c3sc3ccccc34)cc2)c2ccc(-c3cccc4oc5ccccc5c34)cc2)c(-c2cccc3c2oc2c4ccccc4ccc32)c1. The van der Waals surface area contributed by atoms with Crippen molar-refractivity contribution < 1.29 is 8.83 Å². The Labute approximate surface area is 360 Å². The summed E-state index contributed by atoms with van der Waals surface area (Å²) in [5.41, 5.74) is 13.6. The van der Waals surface area contributed by atoms with E-state index >= 15 is 0 Å². The largest absolute Gasteiger partial charge is 0.456 e. The Hall–Kier alpha value is -7.92. The van der Waals surface area contributed by atoms with Crippen molar-refractivity contribution in [1.29, 1.82) is 0 Å². The average Bonchev–Trinajstić information content (AvgIpc) is 4.04. The Morgan fingerprint density at radius 1 is 0.339 bits per heavy atom. The zero-order valence-corrected chi connectivity index (χ0v) is 34.2. The average molecular weight is 810 g/mol. The van der Waals surface area contributed by atoms with E-state index in [2.05, 4.69) is 205 Å². The highest BCUT2D eigenvalue weighted by atomic mass is 32.1. The molecule has 0 radical (unpaired) electrons. The fourth-order valence-electron chi connectivity index (χ4n) is 9.63. The molecule has 0 saturated carbocycles. The monoisotopic (exact) mass is 809 g/mol. The van der Waals surface area contributed by atoms with Crippen LogP contribution >= 0.6 is 11.3 Å². The minimum Gasteiger partial charge on any atom is -0.456 e. The summed E-state index contributed by atoms with van der Waals surface area (Å²) in [7, 11) is 0. The first-order valence-corrected chi connectivity index (χ1v) is 21.8. The summed E-state index contributed by atoms with van der Waals surface area (Å²) in [5, 5.41) is 9.38. The highest BCUT2D eigenvalue weighted by molar-refractivity contribution is 7.26. The number of nitrogens with zero attached hydrogens (tertiary/aromatic N) is 1. The molecule has 0 unspecified atom stereocenters. The first kappa shape index (κ1) is 34.9. The van der Waals surface area contributed by atoms with Crippen molar-refractivity contribution in [2.45, 2.75) is 0 Å². The standard InChI is InChI=1S/C58H35NO2S/c1-2-13-42-36(12-1)30-35-48-47-20-10-19-46(57(47)61-56(42)48)44-14-3-6-22-51(44)59(39-31-26-37(27-32-39)41-17-11-24-53-55(41)50-16-4-7-23-52(50)60-53)40-33-28-38(29-34-40)43-18-9-21-49-45-15-5-8-25-54(45)62-58(43)49/h1-35H. The summed E-state index contributed by atoms with van der Waals surface area (Å²) in [4.78, 5) is 2.38. The Balaban J connectivity index is 0.986. The number of anilines is 3. The molecular weight excluding hydrogens is 775 g/mol. The van der Waals surface area contributed by atoms with E-state index in [1.165, 1.54) is 36.7 Å². The predicted molar refractivity (Wildman–Crippen MR) is 262 cm³/mol. The molecule has 62 heavy (non-hydrogen) atoms. The van der Waals surface area contributed by atoms with Gasteiger partial charge in [0.1, 0.15) is 22.3 Å². The summed E-state index contributed by atoms with van der Waals surface area (Å²) in [6.07, 6.45) is 0. The third-order valence-electron chi connectivity index (χ3n) is 12.5. The lowest BCUT2D eigenvalue weighted by atomic mass is 9.97. The van der Waals surface area contributed by atoms with Gasteiger partial charge in [-0.05, 0) is 82.2 Å². The van der Waals surface area contributed by atoms with Crippen molar-refractivity contribution in [2.75, 3.05) is 4.90 Å². The van der Waals surface area contributed by atoms with Gasteiger partial charge < -0.3 is 13.7 Å². The second kappa shape index (κ2) is 13.8. The van der Waals surface area contributed by atoms with Crippen LogP contribution in [0.3, 0.4) is 0 Å². The van der Waals surface area contributed by atoms with E-state index < -0.39 is 0 Å². The van der Waals surface area contributed by atoms with E-state index in [0.717, 1.165) is 88.6 Å². The number of furan rings is 2. The molecule has 0 bridgehead atoms. The summed E-state index contributed by atoms with van der Waals surface area (Å²) >= 11 is 1.87. The van der Waals surface area contributed by atoms with Gasteiger partial charge in [0.25, 0.3) is 0 Å². The molecule has 0 fully saturated rings. The van der Waals surface area contributed by atoms with Crippen LogP contribution in [0.5, 0.6) is 0 Å². The molecule has 13 rings (SSSR count). The maximum Gasteiger partial charge on any atom is 0.143 e. The van der Waals surface area contributed by atoms with E-state index in [1.807, 2.05) is 23.5 Å². The Bertz CT molecular complexity index is 3870. The van der Waals surface area contributed by atoms with E-state index in [0.29, 0.717) is 0 Å². The van der Waals surface area contributed by atoms with Gasteiger partial charge >= 0.3 is 0 Å². The number of hydrogen-bond acceptors (Lipinski definition) is 4. The van der Waals surface area contributed by atoms with Gasteiger partial charge in [0, 0.05) is 69.6 Å². The van der Waals surface area contributed by atoms with Crippen molar-refractivity contribution in [3.8, 4) is 33.4 Å². The smallest absolute Gasteiger partial charge is 0.143 e. The van der Waals surface area contributed by atoms with E-state index in [4.69, 9.17) is 8.83 Å². The molecule has 0 N–H and O–H groups in total. The Morgan fingerprint density at radius 3 is 1.76 bits per heavy atom. The molecule has 0 aliphatic rings. The van der Waals surface area contributed by atoms with Crippen LogP contribution < -0.4 is 4.90 Å². The topological polar surface area (TPSA) is 29.5 Å². The van der Waals surface area contributed by atoms with Crippen LogP contribution in [0, 0.1) is 0 Å². The molecule has 3 nitrogen and oxygen atoms in total. The molecule has 4 heteroatoms. The second-order valence-electron chi connectivity index (χ2n) is 16.0. The van der Waals surface area contributed by atoms with Crippen LogP contribution in [-0.4, -0.2) is 0 Å². The van der Waals surface area contributed by atoms with Crippen LogP contribution in [0.25, 0.3) is 108 Å². The van der Waals surface area contributed by atoms with Gasteiger partial charge in [-0.2, -0.15) is 0 Å². The van der Waals surface area contributed by atoms with Crippen LogP contribution in [0.15, 0.2) is 221 Å². The zero-order valence-electron chi connectivity index (χ0n) is 33.4. The fraction of sp³-hybridized carbons (Fsp3) is 0. The first-order chi connectivity index (χ1) is 30.7. The lowest BCUT2D eigenvalue weighted by Gasteiger charge is -2.28. The quantitative estimate of drug-likeness (QED) is 0.168. The minimum absolute atomic E-state index is 0.883. The van der Waals surface area contributed by atoms with Gasteiger partial charge in [-0.3, -0.25) is 0 Å². The van der Waals surface area contributed by atoms with Gasteiger partial charge in [0.2, 0.25) is 0 Å². The second-order valence-corrected chi connectivity index (χ2v) is 17.0. The molecule has 3 heterocycles. The Kier molecular flexibility index (Phi) is 7.78. The van der Waals surface area contributed by atoms with Crippen molar-refractivity contribution in [3.05, 3.63) is 212 Å². The van der Waals surface area contributed by atoms with Gasteiger partial charge in [0.05, 0.1) is 5.69 Å². The lowest BCUT2D eigenvalue weighted by Crippen LogP contribution is -2.11. The molecule has 0 atom stereocenters. The highest BCUT2D eigenvalue weighted by Crippen LogP contribution is 2.47. The molecule has 0 saturated heterocycles. The molecule has 0 spiro atoms. The van der Waals surface area contributed by atoms with E-state index in [9.17, 15) is 0 Å². The van der Waals surface area contributed by atoms with Crippen molar-refractivity contribution >= 4 is 103 Å². The number of rotatable bonds is 6. The van der Waals surface area contributed by atoms with Crippen LogP contribution in [0.2, 0.25) is 0 Å². The van der Waals surface area contributed by atoms with E-state index in [1.54, 1.807) is 0 Å². The lowest BCUT2D eigenvalue weighted by molar-refractivity contribution is 0.669. The molecular formula is C58H35NO2S. The van der Waals surface area contributed by atoms with Gasteiger partial charge in [-0.25, -0.2) is 0 Å². The van der Waals surface area contributed by atoms with Gasteiger partial charge in [-0.15, -0.1) is 11.3 Å². The van der Waals surface area contributed by atoms with Crippen LogP contribution in [0.4, 0.5) is 17.1 Å². The van der Waals surface area contributed by atoms with Gasteiger partial charge in [0.15, 0.2) is 0 Å². The van der Waals surface area contributed by atoms with Crippen molar-refractivity contribution in [3.63, 3.8) is 0 Å². The van der Waals surface area contributed by atoms with Crippen LogP contribution in [0.1, 0.15) is 0 Å². The Morgan fingerprint density at radius 2 is 0.919 bits per heavy atom. The summed E-state index contributed by atoms with van der Waals surface area (Å²) in [6, 6.07) is 76.1. The van der Waals surface area contributed by atoms with Crippen LogP contribution in [-0.2, 0) is 0 Å². The molecule has 0 aliphatic carbocycles.